The molecule has 0 heterocycles. The number of carbonyl (C=O) groups is 1. The van der Waals surface area contributed by atoms with E-state index in [1.807, 2.05) is 0 Å². The Morgan fingerprint density at radius 2 is 2.30 bits per heavy atom. The van der Waals surface area contributed by atoms with Gasteiger partial charge in [-0.15, -0.1) is 0 Å². The normalized spacial score (nSPS) is 20.5. The third-order valence-corrected chi connectivity index (χ3v) is 1.78. The van der Waals surface area contributed by atoms with Gasteiger partial charge in [-0.3, -0.25) is 0 Å². The Hall–Kier alpha value is -0.570. The molecule has 0 amide bonds. The third-order valence-electron chi connectivity index (χ3n) is 1.78. The molecule has 0 aromatic heterocycles. The number of hydrogen-bond acceptors (Lipinski definition) is 2. The average Bonchev–Trinajstić information content (AvgIpc) is 2.47. The Labute approximate surface area is 60.0 Å². The van der Waals surface area contributed by atoms with E-state index < -0.39 is 5.97 Å². The van der Waals surface area contributed by atoms with Gasteiger partial charge in [-0.2, -0.15) is 0 Å². The van der Waals surface area contributed by atoms with Crippen LogP contribution in [0.5, 0.6) is 0 Å². The summed E-state index contributed by atoms with van der Waals surface area (Å²) in [6, 6.07) is 0. The van der Waals surface area contributed by atoms with E-state index in [1.54, 1.807) is 0 Å². The molecule has 3 heteroatoms. The lowest BCUT2D eigenvalue weighted by Crippen LogP contribution is -2.12. The molecule has 1 fully saturated rings. The number of hydrogen-bond donors (Lipinski definition) is 1. The van der Waals surface area contributed by atoms with E-state index in [2.05, 4.69) is 6.92 Å². The quantitative estimate of drug-likeness (QED) is 0.637. The monoisotopic (exact) mass is 144 g/mol. The van der Waals surface area contributed by atoms with Crippen molar-refractivity contribution in [1.29, 1.82) is 0 Å². The topological polar surface area (TPSA) is 46.5 Å². The molecule has 0 unspecified atom stereocenters. The summed E-state index contributed by atoms with van der Waals surface area (Å²) >= 11 is 0. The van der Waals surface area contributed by atoms with Crippen LogP contribution < -0.4 is 0 Å². The first-order chi connectivity index (χ1) is 4.62. The van der Waals surface area contributed by atoms with Crippen LogP contribution >= 0.6 is 0 Å². The highest BCUT2D eigenvalue weighted by molar-refractivity contribution is 5.67. The van der Waals surface area contributed by atoms with E-state index in [9.17, 15) is 4.79 Å². The first kappa shape index (κ1) is 7.54. The third kappa shape index (κ3) is 2.35. The molecule has 0 aromatic carbocycles. The standard InChI is InChI=1S/C7H12O3/c1-7(2-3-7)5-10-4-6(8)9/h2-5H2,1H3,(H,8,9). The molecular weight excluding hydrogens is 132 g/mol. The summed E-state index contributed by atoms with van der Waals surface area (Å²) in [5.41, 5.74) is 0.301. The number of carboxylic acid groups (broad SMARTS) is 1. The minimum atomic E-state index is -0.885. The summed E-state index contributed by atoms with van der Waals surface area (Å²) in [4.78, 5) is 9.98. The molecule has 1 aliphatic carbocycles. The summed E-state index contributed by atoms with van der Waals surface area (Å²) in [5.74, 6) is -0.885. The van der Waals surface area contributed by atoms with Gasteiger partial charge in [-0.25, -0.2) is 4.79 Å². The van der Waals surface area contributed by atoms with Gasteiger partial charge < -0.3 is 9.84 Å². The van der Waals surface area contributed by atoms with Crippen molar-refractivity contribution in [2.75, 3.05) is 13.2 Å². The van der Waals surface area contributed by atoms with Gasteiger partial charge in [-0.05, 0) is 18.3 Å². The number of rotatable bonds is 4. The lowest BCUT2D eigenvalue weighted by molar-refractivity contribution is -0.142. The smallest absolute Gasteiger partial charge is 0.329 e. The van der Waals surface area contributed by atoms with Gasteiger partial charge in [0.25, 0.3) is 0 Å². The van der Waals surface area contributed by atoms with Crippen molar-refractivity contribution in [1.82, 2.24) is 0 Å². The van der Waals surface area contributed by atoms with Gasteiger partial charge in [0.2, 0.25) is 0 Å². The highest BCUT2D eigenvalue weighted by Crippen LogP contribution is 2.44. The Kier molecular flexibility index (Phi) is 1.94. The second-order valence-corrected chi connectivity index (χ2v) is 3.20. The highest BCUT2D eigenvalue weighted by atomic mass is 16.5. The average molecular weight is 144 g/mol. The second kappa shape index (κ2) is 2.58. The first-order valence-electron chi connectivity index (χ1n) is 3.42. The highest BCUT2D eigenvalue weighted by Gasteiger charge is 2.37. The van der Waals surface area contributed by atoms with Crippen molar-refractivity contribution in [3.8, 4) is 0 Å². The van der Waals surface area contributed by atoms with Crippen LogP contribution in [0.4, 0.5) is 0 Å². The van der Waals surface area contributed by atoms with Gasteiger partial charge >= 0.3 is 5.97 Å². The van der Waals surface area contributed by atoms with Crippen LogP contribution in [0.1, 0.15) is 19.8 Å². The van der Waals surface area contributed by atoms with Gasteiger partial charge in [0.05, 0.1) is 6.61 Å². The predicted molar refractivity (Wildman–Crippen MR) is 35.8 cm³/mol. The van der Waals surface area contributed by atoms with Crippen LogP contribution in [0.15, 0.2) is 0 Å². The molecule has 1 N–H and O–H groups in total. The summed E-state index contributed by atoms with van der Waals surface area (Å²) in [6.45, 7) is 2.55. The first-order valence-corrected chi connectivity index (χ1v) is 3.42. The lowest BCUT2D eigenvalue weighted by Gasteiger charge is -2.05. The van der Waals surface area contributed by atoms with Crippen LogP contribution in [-0.2, 0) is 9.53 Å². The molecule has 0 aromatic rings. The molecule has 3 nitrogen and oxygen atoms in total. The van der Waals surface area contributed by atoms with Crippen LogP contribution in [0, 0.1) is 5.41 Å². The summed E-state index contributed by atoms with van der Waals surface area (Å²) < 4.78 is 4.92. The van der Waals surface area contributed by atoms with Crippen molar-refractivity contribution in [2.45, 2.75) is 19.8 Å². The zero-order valence-corrected chi connectivity index (χ0v) is 6.09. The molecule has 0 atom stereocenters. The largest absolute Gasteiger partial charge is 0.480 e. The summed E-state index contributed by atoms with van der Waals surface area (Å²) in [6.07, 6.45) is 2.35. The van der Waals surface area contributed by atoms with E-state index in [-0.39, 0.29) is 6.61 Å². The van der Waals surface area contributed by atoms with Gasteiger partial charge in [0.1, 0.15) is 6.61 Å². The van der Waals surface area contributed by atoms with E-state index >= 15 is 0 Å². The number of carboxylic acids is 1. The molecule has 10 heavy (non-hydrogen) atoms. The lowest BCUT2D eigenvalue weighted by atomic mass is 10.2. The molecule has 0 saturated heterocycles. The van der Waals surface area contributed by atoms with Gasteiger partial charge in [0.15, 0.2) is 0 Å². The maximum Gasteiger partial charge on any atom is 0.329 e. The summed E-state index contributed by atoms with van der Waals surface area (Å²) in [5, 5.41) is 8.21. The second-order valence-electron chi connectivity index (χ2n) is 3.20. The van der Waals surface area contributed by atoms with Crippen LogP contribution in [0.3, 0.4) is 0 Å². The molecule has 0 aliphatic heterocycles. The van der Waals surface area contributed by atoms with Crippen molar-refractivity contribution >= 4 is 5.97 Å². The molecule has 1 saturated carbocycles. The van der Waals surface area contributed by atoms with Crippen LogP contribution in [0.25, 0.3) is 0 Å². The molecule has 1 aliphatic rings. The van der Waals surface area contributed by atoms with E-state index in [0.29, 0.717) is 12.0 Å². The fraction of sp³-hybridized carbons (Fsp3) is 0.857. The van der Waals surface area contributed by atoms with Crippen molar-refractivity contribution in [3.63, 3.8) is 0 Å². The Morgan fingerprint density at radius 3 is 2.70 bits per heavy atom. The molecule has 0 bridgehead atoms. The maximum absolute atomic E-state index is 9.98. The minimum absolute atomic E-state index is 0.157. The van der Waals surface area contributed by atoms with E-state index in [1.165, 1.54) is 12.8 Å². The van der Waals surface area contributed by atoms with E-state index in [0.717, 1.165) is 0 Å². The number of aliphatic carboxylic acids is 1. The molecule has 0 radical (unpaired) electrons. The fourth-order valence-corrected chi connectivity index (χ4v) is 0.742. The zero-order chi connectivity index (χ0) is 7.61. The van der Waals surface area contributed by atoms with Crippen molar-refractivity contribution in [2.24, 2.45) is 5.41 Å². The molecule has 0 spiro atoms. The molecule has 1 rings (SSSR count). The SMILES string of the molecule is CC1(COCC(=O)O)CC1. The Morgan fingerprint density at radius 1 is 1.70 bits per heavy atom. The fourth-order valence-electron chi connectivity index (χ4n) is 0.742. The molecule has 58 valence electrons. The van der Waals surface area contributed by atoms with E-state index in [4.69, 9.17) is 9.84 Å². The van der Waals surface area contributed by atoms with Crippen LogP contribution in [-0.4, -0.2) is 24.3 Å². The van der Waals surface area contributed by atoms with Crippen molar-refractivity contribution < 1.29 is 14.6 Å². The Bertz CT molecular complexity index is 138. The van der Waals surface area contributed by atoms with Gasteiger partial charge in [0, 0.05) is 0 Å². The van der Waals surface area contributed by atoms with Crippen LogP contribution in [0.2, 0.25) is 0 Å². The number of ether oxygens (including phenoxy) is 1. The molecular formula is C7H12O3. The summed E-state index contributed by atoms with van der Waals surface area (Å²) in [7, 11) is 0. The predicted octanol–water partition coefficient (Wildman–Crippen LogP) is 0.888. The van der Waals surface area contributed by atoms with Gasteiger partial charge in [-0.1, -0.05) is 6.92 Å². The minimum Gasteiger partial charge on any atom is -0.480 e. The zero-order valence-electron chi connectivity index (χ0n) is 6.09. The Balaban J connectivity index is 2.00. The van der Waals surface area contributed by atoms with Crippen molar-refractivity contribution in [3.05, 3.63) is 0 Å². The maximum atomic E-state index is 9.98.